The number of anilines is 1. The van der Waals surface area contributed by atoms with Crippen molar-refractivity contribution in [1.82, 2.24) is 10.0 Å². The third kappa shape index (κ3) is 6.23. The van der Waals surface area contributed by atoms with Crippen molar-refractivity contribution in [3.05, 3.63) is 60.2 Å². The minimum absolute atomic E-state index is 0.00294. The van der Waals surface area contributed by atoms with E-state index in [0.717, 1.165) is 23.2 Å². The Kier molecular flexibility index (Phi) is 8.38. The number of unbranched alkanes of at least 4 members (excludes halogenated alkanes) is 1. The molecule has 0 aliphatic heterocycles. The number of carboxylic acid groups (broad SMARTS) is 1. The van der Waals surface area contributed by atoms with Gasteiger partial charge in [0, 0.05) is 42.7 Å². The molecule has 0 aliphatic carbocycles. The van der Waals surface area contributed by atoms with Gasteiger partial charge in [-0.25, -0.2) is 17.9 Å². The second-order valence-corrected chi connectivity index (χ2v) is 10.2. The molecule has 3 aromatic rings. The molecule has 0 saturated heterocycles. The summed E-state index contributed by atoms with van der Waals surface area (Å²) in [5.74, 6) is -2.85. The van der Waals surface area contributed by atoms with E-state index >= 15 is 0 Å². The fourth-order valence-electron chi connectivity index (χ4n) is 3.81. The average Bonchev–Trinajstić information content (AvgIpc) is 2.83. The number of carboxylic acids is 1. The number of benzene rings is 3. The standard InChI is InChI=1S/C25H29N3O7S/c1-28(2)20-10-5-8-18-17(20)7-6-11-23(18)36(34,35)26-14-4-3-9-19(25(32)33)27-24(31)16-12-13-21(29)22(30)15-16/h5-8,10-13,15,19,26,29-30H,3-4,9,14H2,1-2H3,(H,27,31)(H,32,33). The van der Waals surface area contributed by atoms with Crippen molar-refractivity contribution in [2.24, 2.45) is 0 Å². The Bertz CT molecular complexity index is 1370. The van der Waals surface area contributed by atoms with Crippen LogP contribution in [-0.4, -0.2) is 62.3 Å². The van der Waals surface area contributed by atoms with Gasteiger partial charge in [0.05, 0.1) is 4.90 Å². The number of phenolic OH excluding ortho intramolecular Hbond substituents is 2. The van der Waals surface area contributed by atoms with Gasteiger partial charge in [-0.1, -0.05) is 24.3 Å². The normalized spacial score (nSPS) is 12.3. The van der Waals surface area contributed by atoms with E-state index in [0.29, 0.717) is 18.2 Å². The van der Waals surface area contributed by atoms with Gasteiger partial charge in [0.2, 0.25) is 10.0 Å². The number of phenols is 2. The van der Waals surface area contributed by atoms with E-state index in [-0.39, 0.29) is 23.4 Å². The van der Waals surface area contributed by atoms with Gasteiger partial charge in [0.1, 0.15) is 6.04 Å². The number of amides is 1. The van der Waals surface area contributed by atoms with E-state index < -0.39 is 39.4 Å². The number of carbonyl (C=O) groups is 2. The Morgan fingerprint density at radius 1 is 0.944 bits per heavy atom. The summed E-state index contributed by atoms with van der Waals surface area (Å²) in [5, 5.41) is 32.1. The first-order valence-corrected chi connectivity index (χ1v) is 12.7. The van der Waals surface area contributed by atoms with E-state index in [1.54, 1.807) is 24.3 Å². The summed E-state index contributed by atoms with van der Waals surface area (Å²) in [7, 11) is -0.0387. The van der Waals surface area contributed by atoms with Crippen LogP contribution in [-0.2, 0) is 14.8 Å². The van der Waals surface area contributed by atoms with Crippen molar-refractivity contribution in [2.45, 2.75) is 30.2 Å². The SMILES string of the molecule is CN(C)c1cccc2c(S(=O)(=O)NCCCCC(NC(=O)c3ccc(O)c(O)c3)C(=O)O)cccc12. The van der Waals surface area contributed by atoms with Gasteiger partial charge in [0.25, 0.3) is 5.91 Å². The van der Waals surface area contributed by atoms with Crippen LogP contribution in [0.1, 0.15) is 29.6 Å². The van der Waals surface area contributed by atoms with Gasteiger partial charge in [-0.2, -0.15) is 0 Å². The molecule has 192 valence electrons. The summed E-state index contributed by atoms with van der Waals surface area (Å²) in [6.45, 7) is 0.0954. The molecule has 1 unspecified atom stereocenters. The lowest BCUT2D eigenvalue weighted by atomic mass is 10.1. The van der Waals surface area contributed by atoms with Crippen molar-refractivity contribution in [3.63, 3.8) is 0 Å². The molecular weight excluding hydrogens is 486 g/mol. The van der Waals surface area contributed by atoms with E-state index in [4.69, 9.17) is 0 Å². The summed E-state index contributed by atoms with van der Waals surface area (Å²) < 4.78 is 28.5. The van der Waals surface area contributed by atoms with Crippen LogP contribution < -0.4 is 14.9 Å². The maximum Gasteiger partial charge on any atom is 0.326 e. The molecule has 0 spiro atoms. The molecule has 0 aliphatic rings. The quantitative estimate of drug-likeness (QED) is 0.193. The molecular formula is C25H29N3O7S. The highest BCUT2D eigenvalue weighted by Gasteiger charge is 2.22. The maximum absolute atomic E-state index is 13.0. The second-order valence-electron chi connectivity index (χ2n) is 8.48. The molecule has 10 nitrogen and oxygen atoms in total. The number of hydrogen-bond donors (Lipinski definition) is 5. The Balaban J connectivity index is 1.58. The highest BCUT2D eigenvalue weighted by atomic mass is 32.2. The second kappa shape index (κ2) is 11.3. The molecule has 0 saturated carbocycles. The number of aromatic hydroxyl groups is 2. The number of nitrogens with zero attached hydrogens (tertiary/aromatic N) is 1. The van der Waals surface area contributed by atoms with Crippen LogP contribution in [0.4, 0.5) is 5.69 Å². The number of hydrogen-bond acceptors (Lipinski definition) is 7. The molecule has 1 amide bonds. The molecule has 0 bridgehead atoms. The average molecular weight is 516 g/mol. The zero-order chi connectivity index (χ0) is 26.5. The zero-order valence-electron chi connectivity index (χ0n) is 19.9. The molecule has 0 aromatic heterocycles. The van der Waals surface area contributed by atoms with Crippen molar-refractivity contribution in [2.75, 3.05) is 25.5 Å². The van der Waals surface area contributed by atoms with E-state index in [1.165, 1.54) is 6.07 Å². The third-order valence-corrected chi connectivity index (χ3v) is 7.20. The van der Waals surface area contributed by atoms with Crippen LogP contribution in [0.3, 0.4) is 0 Å². The van der Waals surface area contributed by atoms with Crippen molar-refractivity contribution in [3.8, 4) is 11.5 Å². The van der Waals surface area contributed by atoms with Gasteiger partial charge in [-0.15, -0.1) is 0 Å². The minimum Gasteiger partial charge on any atom is -0.504 e. The number of aliphatic carboxylic acids is 1. The first-order valence-electron chi connectivity index (χ1n) is 11.3. The topological polar surface area (TPSA) is 156 Å². The van der Waals surface area contributed by atoms with Crippen molar-refractivity contribution >= 4 is 38.4 Å². The highest BCUT2D eigenvalue weighted by molar-refractivity contribution is 7.89. The Morgan fingerprint density at radius 2 is 1.64 bits per heavy atom. The van der Waals surface area contributed by atoms with Crippen molar-refractivity contribution in [1.29, 1.82) is 0 Å². The maximum atomic E-state index is 13.0. The highest BCUT2D eigenvalue weighted by Crippen LogP contribution is 2.30. The van der Waals surface area contributed by atoms with Gasteiger partial charge < -0.3 is 25.5 Å². The minimum atomic E-state index is -3.81. The number of nitrogens with one attached hydrogen (secondary N) is 2. The molecule has 0 heterocycles. The summed E-state index contributed by atoms with van der Waals surface area (Å²) >= 11 is 0. The molecule has 1 atom stereocenters. The lowest BCUT2D eigenvalue weighted by Crippen LogP contribution is -2.40. The van der Waals surface area contributed by atoms with Crippen LogP contribution in [0, 0.1) is 0 Å². The van der Waals surface area contributed by atoms with E-state index in [9.17, 15) is 33.3 Å². The van der Waals surface area contributed by atoms with Crippen LogP contribution in [0.5, 0.6) is 11.5 Å². The molecule has 3 aromatic carbocycles. The van der Waals surface area contributed by atoms with E-state index in [1.807, 2.05) is 31.1 Å². The zero-order valence-corrected chi connectivity index (χ0v) is 20.7. The molecule has 11 heteroatoms. The number of rotatable bonds is 11. The smallest absolute Gasteiger partial charge is 0.326 e. The fraction of sp³-hybridized carbons (Fsp3) is 0.280. The molecule has 0 radical (unpaired) electrons. The number of sulfonamides is 1. The predicted octanol–water partition coefficient (Wildman–Crippen LogP) is 2.65. The largest absolute Gasteiger partial charge is 0.504 e. The predicted molar refractivity (Wildman–Crippen MR) is 136 cm³/mol. The summed E-state index contributed by atoms with van der Waals surface area (Å²) in [6.07, 6.45) is 0.765. The van der Waals surface area contributed by atoms with Crippen LogP contribution in [0.15, 0.2) is 59.5 Å². The number of carbonyl (C=O) groups excluding carboxylic acids is 1. The van der Waals surface area contributed by atoms with Crippen molar-refractivity contribution < 1.29 is 33.3 Å². The Hall–Kier alpha value is -3.83. The van der Waals surface area contributed by atoms with Gasteiger partial charge in [0.15, 0.2) is 11.5 Å². The summed E-state index contributed by atoms with van der Waals surface area (Å²) in [6, 6.07) is 12.8. The Morgan fingerprint density at radius 3 is 2.31 bits per heavy atom. The third-order valence-electron chi connectivity index (χ3n) is 5.68. The first kappa shape index (κ1) is 26.8. The molecule has 36 heavy (non-hydrogen) atoms. The molecule has 0 fully saturated rings. The molecule has 5 N–H and O–H groups in total. The van der Waals surface area contributed by atoms with Crippen LogP contribution in [0.2, 0.25) is 0 Å². The van der Waals surface area contributed by atoms with Gasteiger partial charge >= 0.3 is 5.97 Å². The fourth-order valence-corrected chi connectivity index (χ4v) is 5.10. The van der Waals surface area contributed by atoms with Crippen LogP contribution in [0.25, 0.3) is 10.8 Å². The van der Waals surface area contributed by atoms with Gasteiger partial charge in [-0.05, 0) is 49.6 Å². The summed E-state index contributed by atoms with van der Waals surface area (Å²) in [5.41, 5.74) is 0.894. The lowest BCUT2D eigenvalue weighted by molar-refractivity contribution is -0.139. The first-order chi connectivity index (χ1) is 17.0. The summed E-state index contributed by atoms with van der Waals surface area (Å²) in [4.78, 5) is 26.0. The Labute approximate surface area is 209 Å². The lowest BCUT2D eigenvalue weighted by Gasteiger charge is -2.17. The van der Waals surface area contributed by atoms with E-state index in [2.05, 4.69) is 10.0 Å². The van der Waals surface area contributed by atoms with Crippen LogP contribution >= 0.6 is 0 Å². The monoisotopic (exact) mass is 515 g/mol. The molecule has 3 rings (SSSR count). The number of fused-ring (bicyclic) bond motifs is 1. The van der Waals surface area contributed by atoms with Gasteiger partial charge in [-0.3, -0.25) is 4.79 Å².